The Bertz CT molecular complexity index is 493. The summed E-state index contributed by atoms with van der Waals surface area (Å²) in [5, 5.41) is 0. The van der Waals surface area contributed by atoms with Crippen LogP contribution in [-0.4, -0.2) is 29.4 Å². The second kappa shape index (κ2) is 6.31. The number of piperidine rings is 1. The second-order valence-corrected chi connectivity index (χ2v) is 5.46. The molecule has 1 aromatic carbocycles. The highest BCUT2D eigenvalue weighted by Gasteiger charge is 2.26. The normalized spacial score (nSPS) is 22.9. The number of benzene rings is 1. The number of carbonyl (C=O) groups excluding carboxylic acids is 1. The van der Waals surface area contributed by atoms with Crippen molar-refractivity contribution in [3.63, 3.8) is 0 Å². The average Bonchev–Trinajstić information content (AvgIpc) is 2.39. The van der Waals surface area contributed by atoms with Crippen molar-refractivity contribution >= 4 is 5.91 Å². The molecule has 3 nitrogen and oxygen atoms in total. The predicted octanol–water partition coefficient (Wildman–Crippen LogP) is 2.24. The van der Waals surface area contributed by atoms with Gasteiger partial charge in [-0.3, -0.25) is 4.79 Å². The van der Waals surface area contributed by atoms with Crippen molar-refractivity contribution in [1.29, 1.82) is 0 Å². The van der Waals surface area contributed by atoms with E-state index in [1.807, 2.05) is 6.92 Å². The van der Waals surface area contributed by atoms with Crippen LogP contribution in [0.15, 0.2) is 18.2 Å². The molecule has 2 rings (SSSR count). The number of carbonyl (C=O) groups is 1. The number of likely N-dealkylation sites (tertiary alicyclic amines) is 1. The van der Waals surface area contributed by atoms with Gasteiger partial charge in [0.2, 0.25) is 5.91 Å². The van der Waals surface area contributed by atoms with Gasteiger partial charge >= 0.3 is 0 Å². The molecule has 0 radical (unpaired) electrons. The molecule has 5 heteroatoms. The Morgan fingerprint density at radius 2 is 2.20 bits per heavy atom. The van der Waals surface area contributed by atoms with Crippen LogP contribution in [0.25, 0.3) is 0 Å². The minimum absolute atomic E-state index is 0.0203. The van der Waals surface area contributed by atoms with Crippen molar-refractivity contribution in [3.8, 4) is 0 Å². The first kappa shape index (κ1) is 14.9. The van der Waals surface area contributed by atoms with Crippen LogP contribution >= 0.6 is 0 Å². The Morgan fingerprint density at radius 1 is 1.45 bits per heavy atom. The SMILES string of the molecule is C[C@@H]1C[C@@H](N)CCN1C(=O)CCc1cc(F)ccc1F. The summed E-state index contributed by atoms with van der Waals surface area (Å²) < 4.78 is 26.5. The minimum atomic E-state index is -0.480. The maximum absolute atomic E-state index is 13.5. The summed E-state index contributed by atoms with van der Waals surface area (Å²) in [7, 11) is 0. The fourth-order valence-corrected chi connectivity index (χ4v) is 2.70. The van der Waals surface area contributed by atoms with Gasteiger partial charge in [-0.15, -0.1) is 0 Å². The standard InChI is InChI=1S/C15H20F2N2O/c1-10-8-13(18)6-7-19(10)15(20)5-2-11-9-12(16)3-4-14(11)17/h3-4,9-10,13H,2,5-8,18H2,1H3/t10-,13+/m1/s1. The van der Waals surface area contributed by atoms with E-state index in [2.05, 4.69) is 0 Å². The molecular weight excluding hydrogens is 262 g/mol. The quantitative estimate of drug-likeness (QED) is 0.924. The summed E-state index contributed by atoms with van der Waals surface area (Å²) in [6.07, 6.45) is 2.00. The van der Waals surface area contributed by atoms with Gasteiger partial charge in [0.1, 0.15) is 11.6 Å². The van der Waals surface area contributed by atoms with E-state index in [1.54, 1.807) is 4.90 Å². The van der Waals surface area contributed by atoms with E-state index in [-0.39, 0.29) is 36.4 Å². The Kier molecular flexibility index (Phi) is 4.70. The van der Waals surface area contributed by atoms with Gasteiger partial charge in [-0.05, 0) is 49.9 Å². The van der Waals surface area contributed by atoms with Gasteiger partial charge in [-0.2, -0.15) is 0 Å². The molecule has 1 fully saturated rings. The number of hydrogen-bond donors (Lipinski definition) is 1. The smallest absolute Gasteiger partial charge is 0.223 e. The van der Waals surface area contributed by atoms with Gasteiger partial charge in [0.25, 0.3) is 0 Å². The average molecular weight is 282 g/mol. The molecule has 0 aromatic heterocycles. The topological polar surface area (TPSA) is 46.3 Å². The number of aryl methyl sites for hydroxylation is 1. The lowest BCUT2D eigenvalue weighted by molar-refractivity contribution is -0.134. The molecule has 0 aliphatic carbocycles. The van der Waals surface area contributed by atoms with Crippen molar-refractivity contribution < 1.29 is 13.6 Å². The summed E-state index contributed by atoms with van der Waals surface area (Å²) >= 11 is 0. The van der Waals surface area contributed by atoms with Crippen LogP contribution in [0.1, 0.15) is 31.7 Å². The molecule has 1 heterocycles. The first-order valence-electron chi connectivity index (χ1n) is 6.96. The third-order valence-electron chi connectivity index (χ3n) is 3.85. The van der Waals surface area contributed by atoms with Crippen LogP contribution < -0.4 is 5.73 Å². The number of nitrogens with zero attached hydrogens (tertiary/aromatic N) is 1. The number of halogens is 2. The van der Waals surface area contributed by atoms with Gasteiger partial charge in [-0.1, -0.05) is 0 Å². The highest BCUT2D eigenvalue weighted by molar-refractivity contribution is 5.76. The Hall–Kier alpha value is -1.49. The van der Waals surface area contributed by atoms with E-state index in [9.17, 15) is 13.6 Å². The van der Waals surface area contributed by atoms with Crippen LogP contribution in [0, 0.1) is 11.6 Å². The lowest BCUT2D eigenvalue weighted by Gasteiger charge is -2.36. The van der Waals surface area contributed by atoms with Gasteiger partial charge in [0.05, 0.1) is 0 Å². The molecule has 1 amide bonds. The Labute approximate surface area is 117 Å². The highest BCUT2D eigenvalue weighted by atomic mass is 19.1. The van der Waals surface area contributed by atoms with E-state index >= 15 is 0 Å². The van der Waals surface area contributed by atoms with E-state index in [1.165, 1.54) is 0 Å². The zero-order valence-electron chi connectivity index (χ0n) is 11.6. The largest absolute Gasteiger partial charge is 0.340 e. The van der Waals surface area contributed by atoms with Crippen LogP contribution in [0.4, 0.5) is 8.78 Å². The highest BCUT2D eigenvalue weighted by Crippen LogP contribution is 2.18. The first-order valence-corrected chi connectivity index (χ1v) is 6.96. The van der Waals surface area contributed by atoms with Crippen LogP contribution in [0.5, 0.6) is 0 Å². The second-order valence-electron chi connectivity index (χ2n) is 5.46. The van der Waals surface area contributed by atoms with Gasteiger partial charge in [0.15, 0.2) is 0 Å². The van der Waals surface area contributed by atoms with E-state index in [0.29, 0.717) is 6.54 Å². The number of nitrogens with two attached hydrogens (primary N) is 1. The summed E-state index contributed by atoms with van der Waals surface area (Å²) in [6.45, 7) is 2.62. The lowest BCUT2D eigenvalue weighted by atomic mass is 9.98. The zero-order chi connectivity index (χ0) is 14.7. The summed E-state index contributed by atoms with van der Waals surface area (Å²) in [6, 6.07) is 3.59. The maximum Gasteiger partial charge on any atom is 0.223 e. The van der Waals surface area contributed by atoms with Crippen molar-refractivity contribution in [2.24, 2.45) is 5.73 Å². The molecule has 1 aliphatic rings. The van der Waals surface area contributed by atoms with E-state index < -0.39 is 11.6 Å². The van der Waals surface area contributed by atoms with Crippen LogP contribution in [0.2, 0.25) is 0 Å². The Morgan fingerprint density at radius 3 is 2.90 bits per heavy atom. The van der Waals surface area contributed by atoms with Gasteiger partial charge in [0, 0.05) is 25.0 Å². The fourth-order valence-electron chi connectivity index (χ4n) is 2.70. The molecule has 20 heavy (non-hydrogen) atoms. The Balaban J connectivity index is 1.93. The zero-order valence-corrected chi connectivity index (χ0v) is 11.6. The summed E-state index contributed by atoms with van der Waals surface area (Å²) in [5.74, 6) is -0.966. The fraction of sp³-hybridized carbons (Fsp3) is 0.533. The molecule has 1 saturated heterocycles. The van der Waals surface area contributed by atoms with Crippen molar-refractivity contribution in [1.82, 2.24) is 4.90 Å². The van der Waals surface area contributed by atoms with Crippen molar-refractivity contribution in [2.45, 2.75) is 44.7 Å². The van der Waals surface area contributed by atoms with Crippen molar-refractivity contribution in [3.05, 3.63) is 35.4 Å². The predicted molar refractivity (Wildman–Crippen MR) is 73.1 cm³/mol. The third-order valence-corrected chi connectivity index (χ3v) is 3.85. The van der Waals surface area contributed by atoms with Gasteiger partial charge < -0.3 is 10.6 Å². The number of hydrogen-bond acceptors (Lipinski definition) is 2. The molecule has 2 atom stereocenters. The molecule has 0 spiro atoms. The van der Waals surface area contributed by atoms with Crippen molar-refractivity contribution in [2.75, 3.05) is 6.54 Å². The third kappa shape index (κ3) is 3.54. The molecule has 1 aliphatic heterocycles. The monoisotopic (exact) mass is 282 g/mol. The summed E-state index contributed by atoms with van der Waals surface area (Å²) in [5.41, 5.74) is 6.11. The molecule has 0 bridgehead atoms. The van der Waals surface area contributed by atoms with Crippen LogP contribution in [0.3, 0.4) is 0 Å². The molecule has 2 N–H and O–H groups in total. The lowest BCUT2D eigenvalue weighted by Crippen LogP contribution is -2.48. The van der Waals surface area contributed by atoms with Gasteiger partial charge in [-0.25, -0.2) is 8.78 Å². The van der Waals surface area contributed by atoms with Crippen LogP contribution in [-0.2, 0) is 11.2 Å². The van der Waals surface area contributed by atoms with E-state index in [4.69, 9.17) is 5.73 Å². The minimum Gasteiger partial charge on any atom is -0.340 e. The maximum atomic E-state index is 13.5. The first-order chi connectivity index (χ1) is 9.47. The molecule has 1 aromatic rings. The molecule has 0 unspecified atom stereocenters. The van der Waals surface area contributed by atoms with E-state index in [0.717, 1.165) is 31.0 Å². The number of amides is 1. The molecule has 110 valence electrons. The number of rotatable bonds is 3. The summed E-state index contributed by atoms with van der Waals surface area (Å²) in [4.78, 5) is 13.9. The molecular formula is C15H20F2N2O. The molecule has 0 saturated carbocycles.